The zero-order chi connectivity index (χ0) is 11.7. The number of nitrogens with zero attached hydrogens (tertiary/aromatic N) is 1. The quantitative estimate of drug-likeness (QED) is 0.858. The Kier molecular flexibility index (Phi) is 2.69. The van der Waals surface area contributed by atoms with Gasteiger partial charge in [-0.3, -0.25) is 4.79 Å². The molecule has 0 aliphatic heterocycles. The second-order valence-corrected chi connectivity index (χ2v) is 4.17. The molecule has 1 N–H and O–H groups in total. The molecule has 16 heavy (non-hydrogen) atoms. The molecule has 0 bridgehead atoms. The second kappa shape index (κ2) is 4.00. The highest BCUT2D eigenvalue weighted by atomic mass is 16.4. The molecule has 0 fully saturated rings. The van der Waals surface area contributed by atoms with E-state index in [0.29, 0.717) is 6.42 Å². The van der Waals surface area contributed by atoms with Gasteiger partial charge < -0.3 is 9.67 Å². The van der Waals surface area contributed by atoms with Crippen LogP contribution in [0.1, 0.15) is 17.5 Å². The Balaban J connectivity index is 2.36. The van der Waals surface area contributed by atoms with Crippen LogP contribution in [0, 0.1) is 6.92 Å². The first-order valence-corrected chi connectivity index (χ1v) is 5.34. The number of hydrogen-bond acceptors (Lipinski definition) is 1. The Hall–Kier alpha value is -1.77. The Morgan fingerprint density at radius 1 is 1.44 bits per heavy atom. The summed E-state index contributed by atoms with van der Waals surface area (Å²) in [7, 11) is 2.01. The zero-order valence-electron chi connectivity index (χ0n) is 9.53. The molecule has 1 heterocycles. The van der Waals surface area contributed by atoms with Crippen molar-refractivity contribution in [2.75, 3.05) is 0 Å². The van der Waals surface area contributed by atoms with E-state index in [-0.39, 0.29) is 6.42 Å². The lowest BCUT2D eigenvalue weighted by Crippen LogP contribution is -1.97. The molecule has 84 valence electrons. The lowest BCUT2D eigenvalue weighted by molar-refractivity contribution is -0.136. The third-order valence-electron chi connectivity index (χ3n) is 2.88. The predicted octanol–water partition coefficient (Wildman–Crippen LogP) is 2.50. The highest BCUT2D eigenvalue weighted by Crippen LogP contribution is 2.21. The van der Waals surface area contributed by atoms with Gasteiger partial charge in [-0.15, -0.1) is 0 Å². The minimum atomic E-state index is -0.747. The maximum Gasteiger partial charge on any atom is 0.303 e. The second-order valence-electron chi connectivity index (χ2n) is 4.17. The van der Waals surface area contributed by atoms with Crippen molar-refractivity contribution < 1.29 is 9.90 Å². The van der Waals surface area contributed by atoms with Crippen molar-refractivity contribution in [2.45, 2.75) is 19.8 Å². The van der Waals surface area contributed by atoms with Gasteiger partial charge in [-0.2, -0.15) is 0 Å². The minimum Gasteiger partial charge on any atom is -0.481 e. The number of rotatable bonds is 3. The number of aliphatic carboxylic acids is 1. The molecular formula is C13H15NO2. The fourth-order valence-corrected chi connectivity index (χ4v) is 2.04. The highest BCUT2D eigenvalue weighted by Gasteiger charge is 2.05. The molecule has 0 saturated heterocycles. The van der Waals surface area contributed by atoms with Gasteiger partial charge in [-0.1, -0.05) is 12.1 Å². The smallest absolute Gasteiger partial charge is 0.303 e. The molecule has 0 spiro atoms. The summed E-state index contributed by atoms with van der Waals surface area (Å²) < 4.78 is 2.08. The van der Waals surface area contributed by atoms with Gasteiger partial charge in [0.1, 0.15) is 0 Å². The summed E-state index contributed by atoms with van der Waals surface area (Å²) >= 11 is 0. The molecule has 3 nitrogen and oxygen atoms in total. The number of carboxylic acids is 1. The van der Waals surface area contributed by atoms with E-state index in [1.54, 1.807) is 0 Å². The van der Waals surface area contributed by atoms with Crippen molar-refractivity contribution >= 4 is 16.9 Å². The van der Waals surface area contributed by atoms with Gasteiger partial charge in [0, 0.05) is 30.6 Å². The molecule has 0 amide bonds. The van der Waals surface area contributed by atoms with Gasteiger partial charge in [-0.05, 0) is 30.5 Å². The van der Waals surface area contributed by atoms with Crippen LogP contribution in [0.15, 0.2) is 24.4 Å². The van der Waals surface area contributed by atoms with Gasteiger partial charge in [-0.25, -0.2) is 0 Å². The SMILES string of the molecule is Cc1cn(C)c2cc(CCC(=O)O)ccc12. The van der Waals surface area contributed by atoms with Crippen LogP contribution in [-0.4, -0.2) is 15.6 Å². The minimum absolute atomic E-state index is 0.189. The summed E-state index contributed by atoms with van der Waals surface area (Å²) in [6, 6.07) is 6.16. The molecule has 2 aromatic rings. The van der Waals surface area contributed by atoms with E-state index < -0.39 is 5.97 Å². The van der Waals surface area contributed by atoms with E-state index in [2.05, 4.69) is 29.8 Å². The summed E-state index contributed by atoms with van der Waals surface area (Å²) in [5.74, 6) is -0.747. The standard InChI is InChI=1S/C13H15NO2/c1-9-8-14(2)12-7-10(3-5-11(9)12)4-6-13(15)16/h3,5,7-8H,4,6H2,1-2H3,(H,15,16). The lowest BCUT2D eigenvalue weighted by atomic mass is 10.1. The van der Waals surface area contributed by atoms with Crippen molar-refractivity contribution in [2.24, 2.45) is 7.05 Å². The average molecular weight is 217 g/mol. The summed E-state index contributed by atoms with van der Waals surface area (Å²) in [5.41, 5.74) is 3.50. The van der Waals surface area contributed by atoms with Crippen LogP contribution < -0.4 is 0 Å². The van der Waals surface area contributed by atoms with E-state index in [1.807, 2.05) is 13.1 Å². The molecule has 1 aromatic heterocycles. The first-order chi connectivity index (χ1) is 7.58. The fraction of sp³-hybridized carbons (Fsp3) is 0.308. The van der Waals surface area contributed by atoms with Crippen molar-refractivity contribution in [3.05, 3.63) is 35.5 Å². The number of aromatic nitrogens is 1. The third-order valence-corrected chi connectivity index (χ3v) is 2.88. The molecule has 0 aliphatic rings. The van der Waals surface area contributed by atoms with E-state index in [4.69, 9.17) is 5.11 Å². The highest BCUT2D eigenvalue weighted by molar-refractivity contribution is 5.84. The van der Waals surface area contributed by atoms with Crippen molar-refractivity contribution in [1.82, 2.24) is 4.57 Å². The number of carboxylic acid groups (broad SMARTS) is 1. The molecule has 0 radical (unpaired) electrons. The topological polar surface area (TPSA) is 42.2 Å². The summed E-state index contributed by atoms with van der Waals surface area (Å²) in [6.07, 6.45) is 2.87. The predicted molar refractivity (Wildman–Crippen MR) is 63.6 cm³/mol. The van der Waals surface area contributed by atoms with E-state index in [1.165, 1.54) is 16.5 Å². The first kappa shape index (κ1) is 10.7. The van der Waals surface area contributed by atoms with Gasteiger partial charge >= 0.3 is 5.97 Å². The monoisotopic (exact) mass is 217 g/mol. The van der Waals surface area contributed by atoms with Crippen LogP contribution in [0.4, 0.5) is 0 Å². The normalized spacial score (nSPS) is 10.9. The first-order valence-electron chi connectivity index (χ1n) is 5.34. The van der Waals surface area contributed by atoms with Crippen LogP contribution in [0.3, 0.4) is 0 Å². The van der Waals surface area contributed by atoms with Crippen molar-refractivity contribution in [3.63, 3.8) is 0 Å². The molecule has 2 rings (SSSR count). The molecule has 0 unspecified atom stereocenters. The van der Waals surface area contributed by atoms with E-state index in [9.17, 15) is 4.79 Å². The third kappa shape index (κ3) is 1.94. The number of benzene rings is 1. The van der Waals surface area contributed by atoms with Crippen LogP contribution in [0.25, 0.3) is 10.9 Å². The summed E-state index contributed by atoms with van der Waals surface area (Å²) in [6.45, 7) is 2.08. The van der Waals surface area contributed by atoms with Crippen LogP contribution >= 0.6 is 0 Å². The lowest BCUT2D eigenvalue weighted by Gasteiger charge is -2.01. The molecule has 3 heteroatoms. The Bertz CT molecular complexity index is 540. The maximum absolute atomic E-state index is 10.5. The molecule has 0 atom stereocenters. The Morgan fingerprint density at radius 3 is 2.88 bits per heavy atom. The maximum atomic E-state index is 10.5. The number of aryl methyl sites for hydroxylation is 3. The number of hydrogen-bond donors (Lipinski definition) is 1. The van der Waals surface area contributed by atoms with Crippen LogP contribution in [-0.2, 0) is 18.3 Å². The summed E-state index contributed by atoms with van der Waals surface area (Å²) in [4.78, 5) is 10.5. The molecule has 0 aliphatic carbocycles. The van der Waals surface area contributed by atoms with E-state index >= 15 is 0 Å². The zero-order valence-corrected chi connectivity index (χ0v) is 9.53. The summed E-state index contributed by atoms with van der Waals surface area (Å²) in [5, 5.41) is 9.88. The molecule has 1 aromatic carbocycles. The van der Waals surface area contributed by atoms with Gasteiger partial charge in [0.25, 0.3) is 0 Å². The number of carbonyl (C=O) groups is 1. The molecule has 0 saturated carbocycles. The largest absolute Gasteiger partial charge is 0.481 e. The van der Waals surface area contributed by atoms with Crippen molar-refractivity contribution in [3.8, 4) is 0 Å². The Morgan fingerprint density at radius 2 is 2.19 bits per heavy atom. The molecular weight excluding hydrogens is 202 g/mol. The van der Waals surface area contributed by atoms with E-state index in [0.717, 1.165) is 5.56 Å². The number of fused-ring (bicyclic) bond motifs is 1. The Labute approximate surface area is 94.3 Å². The fourth-order valence-electron chi connectivity index (χ4n) is 2.04. The van der Waals surface area contributed by atoms with Gasteiger partial charge in [0.05, 0.1) is 0 Å². The van der Waals surface area contributed by atoms with Crippen molar-refractivity contribution in [1.29, 1.82) is 0 Å². The average Bonchev–Trinajstić information content (AvgIpc) is 2.52. The van der Waals surface area contributed by atoms with Gasteiger partial charge in [0.15, 0.2) is 0 Å². The van der Waals surface area contributed by atoms with Gasteiger partial charge in [0.2, 0.25) is 0 Å². The van der Waals surface area contributed by atoms with Crippen LogP contribution in [0.5, 0.6) is 0 Å². The van der Waals surface area contributed by atoms with Crippen LogP contribution in [0.2, 0.25) is 0 Å².